The van der Waals surface area contributed by atoms with E-state index in [1.54, 1.807) is 30.3 Å². The molecule has 0 spiro atoms. The summed E-state index contributed by atoms with van der Waals surface area (Å²) in [4.78, 5) is 39.9. The third kappa shape index (κ3) is 4.83. The standard InChI is InChI=1S/C22H22BrN3O5/c1-24(2)11-4-12-25-19(15-5-3-6-17(13-15)26(30)31)18(21(28)22(25)29)20(27)14-7-9-16(23)10-8-14/h3,5-10,13,19,27H,4,11-12H2,1-2H3/b20-18+. The third-order valence-electron chi connectivity index (χ3n) is 5.06. The van der Waals surface area contributed by atoms with Gasteiger partial charge in [-0.3, -0.25) is 19.7 Å². The molecule has 1 amide bonds. The van der Waals surface area contributed by atoms with Crippen molar-refractivity contribution in [2.45, 2.75) is 12.5 Å². The average molecular weight is 488 g/mol. The summed E-state index contributed by atoms with van der Waals surface area (Å²) in [5.74, 6) is -1.84. The number of aliphatic hydroxyl groups excluding tert-OH is 1. The Morgan fingerprint density at radius 2 is 1.87 bits per heavy atom. The first kappa shape index (κ1) is 22.6. The summed E-state index contributed by atoms with van der Waals surface area (Å²) in [6.45, 7) is 0.963. The van der Waals surface area contributed by atoms with Crippen molar-refractivity contribution in [3.63, 3.8) is 0 Å². The van der Waals surface area contributed by atoms with E-state index >= 15 is 0 Å². The van der Waals surface area contributed by atoms with Gasteiger partial charge in [0.15, 0.2) is 0 Å². The van der Waals surface area contributed by atoms with Crippen molar-refractivity contribution in [3.05, 3.63) is 79.8 Å². The van der Waals surface area contributed by atoms with Crippen LogP contribution in [0, 0.1) is 10.1 Å². The van der Waals surface area contributed by atoms with Gasteiger partial charge in [0.05, 0.1) is 16.5 Å². The molecule has 8 nitrogen and oxygen atoms in total. The molecule has 1 atom stereocenters. The predicted molar refractivity (Wildman–Crippen MR) is 119 cm³/mol. The molecule has 9 heteroatoms. The number of Topliss-reactive ketones (excluding diaryl/α,β-unsaturated/α-hetero) is 1. The molecule has 0 aromatic heterocycles. The number of ketones is 1. The van der Waals surface area contributed by atoms with E-state index in [0.29, 0.717) is 24.1 Å². The van der Waals surface area contributed by atoms with E-state index in [1.165, 1.54) is 23.1 Å². The molecule has 31 heavy (non-hydrogen) atoms. The van der Waals surface area contributed by atoms with Gasteiger partial charge in [-0.15, -0.1) is 0 Å². The summed E-state index contributed by atoms with van der Waals surface area (Å²) in [6.07, 6.45) is 0.601. The summed E-state index contributed by atoms with van der Waals surface area (Å²) < 4.78 is 0.795. The summed E-state index contributed by atoms with van der Waals surface area (Å²) >= 11 is 3.32. The van der Waals surface area contributed by atoms with E-state index in [-0.39, 0.29) is 23.6 Å². The van der Waals surface area contributed by atoms with Crippen molar-refractivity contribution in [2.75, 3.05) is 27.2 Å². The lowest BCUT2D eigenvalue weighted by atomic mass is 9.95. The van der Waals surface area contributed by atoms with Crippen LogP contribution in [0.2, 0.25) is 0 Å². The Kier molecular flexibility index (Phi) is 6.87. The summed E-state index contributed by atoms with van der Waals surface area (Å²) in [5.41, 5.74) is 0.555. The van der Waals surface area contributed by atoms with Gasteiger partial charge in [-0.2, -0.15) is 0 Å². The molecule has 1 aliphatic rings. The maximum absolute atomic E-state index is 12.9. The van der Waals surface area contributed by atoms with Gasteiger partial charge in [-0.1, -0.05) is 40.2 Å². The van der Waals surface area contributed by atoms with Crippen LogP contribution in [0.1, 0.15) is 23.6 Å². The Labute approximate surface area is 188 Å². The molecule has 162 valence electrons. The number of hydrogen-bond donors (Lipinski definition) is 1. The fourth-order valence-electron chi connectivity index (χ4n) is 3.59. The Morgan fingerprint density at radius 3 is 2.48 bits per heavy atom. The van der Waals surface area contributed by atoms with Crippen LogP contribution in [0.15, 0.2) is 58.6 Å². The predicted octanol–water partition coefficient (Wildman–Crippen LogP) is 3.73. The first-order valence-electron chi connectivity index (χ1n) is 9.64. The highest BCUT2D eigenvalue weighted by Crippen LogP contribution is 2.40. The molecule has 2 aromatic carbocycles. The van der Waals surface area contributed by atoms with Gasteiger partial charge >= 0.3 is 0 Å². The highest BCUT2D eigenvalue weighted by atomic mass is 79.9. The number of likely N-dealkylation sites (tertiary alicyclic amines) is 1. The van der Waals surface area contributed by atoms with Gasteiger partial charge in [-0.25, -0.2) is 0 Å². The quantitative estimate of drug-likeness (QED) is 0.210. The number of aliphatic hydroxyl groups is 1. The second kappa shape index (κ2) is 9.40. The van der Waals surface area contributed by atoms with Crippen LogP contribution in [-0.4, -0.2) is 58.7 Å². The molecule has 1 unspecified atom stereocenters. The highest BCUT2D eigenvalue weighted by molar-refractivity contribution is 9.10. The molecule has 0 radical (unpaired) electrons. The van der Waals surface area contributed by atoms with Crippen LogP contribution in [-0.2, 0) is 9.59 Å². The first-order chi connectivity index (χ1) is 14.7. The van der Waals surface area contributed by atoms with Gasteiger partial charge < -0.3 is 14.9 Å². The second-order valence-corrected chi connectivity index (χ2v) is 8.42. The molecule has 2 aromatic rings. The Morgan fingerprint density at radius 1 is 1.19 bits per heavy atom. The fourth-order valence-corrected chi connectivity index (χ4v) is 3.85. The smallest absolute Gasteiger partial charge is 0.295 e. The lowest BCUT2D eigenvalue weighted by Crippen LogP contribution is -2.32. The SMILES string of the molecule is CN(C)CCCN1C(=O)C(=O)/C(=C(/O)c2ccc(Br)cc2)C1c1cccc([N+](=O)[O-])c1. The van der Waals surface area contributed by atoms with E-state index in [2.05, 4.69) is 15.9 Å². The lowest BCUT2D eigenvalue weighted by Gasteiger charge is -2.25. The minimum absolute atomic E-state index is 0.0716. The maximum Gasteiger partial charge on any atom is 0.295 e. The van der Waals surface area contributed by atoms with E-state index in [4.69, 9.17) is 0 Å². The zero-order valence-corrected chi connectivity index (χ0v) is 18.7. The zero-order valence-electron chi connectivity index (χ0n) is 17.1. The monoisotopic (exact) mass is 487 g/mol. The Balaban J connectivity index is 2.13. The van der Waals surface area contributed by atoms with Crippen LogP contribution in [0.4, 0.5) is 5.69 Å². The summed E-state index contributed by atoms with van der Waals surface area (Å²) in [5, 5.41) is 22.2. The summed E-state index contributed by atoms with van der Waals surface area (Å²) in [7, 11) is 3.80. The minimum atomic E-state index is -0.911. The van der Waals surface area contributed by atoms with E-state index in [9.17, 15) is 24.8 Å². The maximum atomic E-state index is 12.9. The topological polar surface area (TPSA) is 104 Å². The number of nitro benzene ring substituents is 1. The molecule has 0 aliphatic carbocycles. The lowest BCUT2D eigenvalue weighted by molar-refractivity contribution is -0.384. The highest BCUT2D eigenvalue weighted by Gasteiger charge is 2.46. The van der Waals surface area contributed by atoms with Crippen molar-refractivity contribution in [1.82, 2.24) is 9.80 Å². The molecule has 0 bridgehead atoms. The van der Waals surface area contributed by atoms with Crippen molar-refractivity contribution >= 4 is 39.1 Å². The molecule has 3 rings (SSSR count). The zero-order chi connectivity index (χ0) is 22.7. The first-order valence-corrected chi connectivity index (χ1v) is 10.4. The van der Waals surface area contributed by atoms with Gasteiger partial charge in [0.2, 0.25) is 0 Å². The van der Waals surface area contributed by atoms with Crippen LogP contribution in [0.5, 0.6) is 0 Å². The average Bonchev–Trinajstić information content (AvgIpc) is 2.98. The molecular formula is C22H22BrN3O5. The largest absolute Gasteiger partial charge is 0.507 e. The van der Waals surface area contributed by atoms with Crippen LogP contribution in [0.25, 0.3) is 5.76 Å². The molecule has 0 saturated carbocycles. The molecule has 1 N–H and O–H groups in total. The van der Waals surface area contributed by atoms with Gasteiger partial charge in [0.25, 0.3) is 17.4 Å². The number of carbonyl (C=O) groups excluding carboxylic acids is 2. The van der Waals surface area contributed by atoms with E-state index in [1.807, 2.05) is 19.0 Å². The molecule has 1 aliphatic heterocycles. The normalized spacial score (nSPS) is 18.1. The van der Waals surface area contributed by atoms with Gasteiger partial charge in [0.1, 0.15) is 5.76 Å². The van der Waals surface area contributed by atoms with Crippen molar-refractivity contribution < 1.29 is 19.6 Å². The molecule has 1 fully saturated rings. The molecular weight excluding hydrogens is 466 g/mol. The number of rotatable bonds is 7. The van der Waals surface area contributed by atoms with Crippen LogP contribution >= 0.6 is 15.9 Å². The van der Waals surface area contributed by atoms with E-state index in [0.717, 1.165) is 4.47 Å². The van der Waals surface area contributed by atoms with Gasteiger partial charge in [0, 0.05) is 28.7 Å². The van der Waals surface area contributed by atoms with Gasteiger partial charge in [-0.05, 0) is 44.8 Å². The Bertz CT molecular complexity index is 1050. The third-order valence-corrected chi connectivity index (χ3v) is 5.59. The number of halogens is 1. The number of benzene rings is 2. The second-order valence-electron chi connectivity index (χ2n) is 7.51. The van der Waals surface area contributed by atoms with Crippen molar-refractivity contribution in [1.29, 1.82) is 0 Å². The fraction of sp³-hybridized carbons (Fsp3) is 0.273. The summed E-state index contributed by atoms with van der Waals surface area (Å²) in [6, 6.07) is 11.6. The van der Waals surface area contributed by atoms with Crippen LogP contribution < -0.4 is 0 Å². The number of carbonyl (C=O) groups is 2. The number of amides is 1. The Hall–Kier alpha value is -3.04. The number of non-ortho nitro benzene ring substituents is 1. The van der Waals surface area contributed by atoms with Crippen LogP contribution in [0.3, 0.4) is 0 Å². The number of nitrogens with zero attached hydrogens (tertiary/aromatic N) is 3. The number of nitro groups is 1. The van der Waals surface area contributed by atoms with Crippen molar-refractivity contribution in [2.24, 2.45) is 0 Å². The molecule has 1 heterocycles. The van der Waals surface area contributed by atoms with E-state index < -0.39 is 22.7 Å². The molecule has 1 saturated heterocycles. The minimum Gasteiger partial charge on any atom is -0.507 e. The number of hydrogen-bond acceptors (Lipinski definition) is 6. The van der Waals surface area contributed by atoms with Crippen molar-refractivity contribution in [3.8, 4) is 0 Å².